The number of amides is 1. The molecule has 1 unspecified atom stereocenters. The summed E-state index contributed by atoms with van der Waals surface area (Å²) < 4.78 is 11.3. The molecule has 0 bridgehead atoms. The van der Waals surface area contributed by atoms with Gasteiger partial charge in [0.15, 0.2) is 0 Å². The molecular formula is C27H31N3O3. The second-order valence-electron chi connectivity index (χ2n) is 8.15. The summed E-state index contributed by atoms with van der Waals surface area (Å²) in [5.41, 5.74) is 1.83. The number of nitrogens with one attached hydrogen (secondary N) is 1. The average molecular weight is 446 g/mol. The van der Waals surface area contributed by atoms with Crippen molar-refractivity contribution in [1.82, 2.24) is 15.2 Å². The standard InChI is InChI=1S/C27H31N3O3/c1-32-23-12-10-21(11-13-23)26(25-9-5-6-16-29-25)30(27(31)22-14-17-28-18-15-22)19-20-33-24-7-3-2-4-8-24/h2-13,16,22,26,28H,14-15,17-20H2,1H3. The van der Waals surface area contributed by atoms with E-state index in [9.17, 15) is 4.79 Å². The Hall–Kier alpha value is -3.38. The van der Waals surface area contributed by atoms with Crippen molar-refractivity contribution in [3.8, 4) is 11.5 Å². The van der Waals surface area contributed by atoms with E-state index in [0.717, 1.165) is 48.7 Å². The van der Waals surface area contributed by atoms with Gasteiger partial charge in [0.05, 0.1) is 25.4 Å². The van der Waals surface area contributed by atoms with Gasteiger partial charge in [-0.15, -0.1) is 0 Å². The molecule has 3 aromatic rings. The van der Waals surface area contributed by atoms with E-state index in [1.54, 1.807) is 13.3 Å². The van der Waals surface area contributed by atoms with E-state index in [1.165, 1.54) is 0 Å². The van der Waals surface area contributed by atoms with E-state index in [-0.39, 0.29) is 17.9 Å². The van der Waals surface area contributed by atoms with Crippen molar-refractivity contribution in [3.63, 3.8) is 0 Å². The molecule has 6 nitrogen and oxygen atoms in total. The van der Waals surface area contributed by atoms with Crippen molar-refractivity contribution in [2.75, 3.05) is 33.4 Å². The van der Waals surface area contributed by atoms with Gasteiger partial charge in [-0.3, -0.25) is 9.78 Å². The average Bonchev–Trinajstić information content (AvgIpc) is 2.90. The largest absolute Gasteiger partial charge is 0.497 e. The van der Waals surface area contributed by atoms with Crippen LogP contribution in [0.25, 0.3) is 0 Å². The van der Waals surface area contributed by atoms with Crippen molar-refractivity contribution >= 4 is 5.91 Å². The van der Waals surface area contributed by atoms with Crippen LogP contribution in [0.1, 0.15) is 30.1 Å². The van der Waals surface area contributed by atoms with Crippen LogP contribution in [0.5, 0.6) is 11.5 Å². The molecule has 0 saturated carbocycles. The summed E-state index contributed by atoms with van der Waals surface area (Å²) in [4.78, 5) is 20.4. The lowest BCUT2D eigenvalue weighted by molar-refractivity contribution is -0.138. The predicted octanol–water partition coefficient (Wildman–Crippen LogP) is 4.09. The van der Waals surface area contributed by atoms with Crippen LogP contribution in [-0.2, 0) is 4.79 Å². The van der Waals surface area contributed by atoms with Crippen molar-refractivity contribution in [2.24, 2.45) is 5.92 Å². The first-order chi connectivity index (χ1) is 16.3. The van der Waals surface area contributed by atoms with Crippen molar-refractivity contribution in [1.29, 1.82) is 0 Å². The van der Waals surface area contributed by atoms with Crippen LogP contribution in [-0.4, -0.2) is 49.1 Å². The lowest BCUT2D eigenvalue weighted by Crippen LogP contribution is -2.45. The van der Waals surface area contributed by atoms with E-state index >= 15 is 0 Å². The quantitative estimate of drug-likeness (QED) is 0.538. The number of aromatic nitrogens is 1. The first-order valence-corrected chi connectivity index (χ1v) is 11.5. The first kappa shape index (κ1) is 22.8. The summed E-state index contributed by atoms with van der Waals surface area (Å²) in [6.07, 6.45) is 3.46. The number of ether oxygens (including phenoxy) is 2. The number of pyridine rings is 1. The molecule has 0 radical (unpaired) electrons. The third-order valence-corrected chi connectivity index (χ3v) is 6.03. The Morgan fingerprint density at radius 1 is 1.00 bits per heavy atom. The zero-order chi connectivity index (χ0) is 22.9. The Morgan fingerprint density at radius 3 is 2.39 bits per heavy atom. The molecule has 1 aromatic heterocycles. The van der Waals surface area contributed by atoms with Gasteiger partial charge in [0, 0.05) is 12.1 Å². The predicted molar refractivity (Wildman–Crippen MR) is 128 cm³/mol. The molecule has 1 atom stereocenters. The molecule has 1 aliphatic heterocycles. The number of methoxy groups -OCH3 is 1. The maximum absolute atomic E-state index is 13.8. The van der Waals surface area contributed by atoms with E-state index in [0.29, 0.717) is 13.2 Å². The fourth-order valence-electron chi connectivity index (χ4n) is 4.28. The molecule has 172 valence electrons. The number of piperidine rings is 1. The summed E-state index contributed by atoms with van der Waals surface area (Å²) in [6.45, 7) is 2.59. The van der Waals surface area contributed by atoms with Crippen LogP contribution in [0.3, 0.4) is 0 Å². The molecule has 1 fully saturated rings. The molecule has 2 aromatic carbocycles. The van der Waals surface area contributed by atoms with Gasteiger partial charge in [-0.2, -0.15) is 0 Å². The van der Waals surface area contributed by atoms with Gasteiger partial charge in [0.25, 0.3) is 0 Å². The molecule has 0 spiro atoms. The number of para-hydroxylation sites is 1. The highest BCUT2D eigenvalue weighted by Gasteiger charge is 2.33. The minimum atomic E-state index is -0.307. The fourth-order valence-corrected chi connectivity index (χ4v) is 4.28. The summed E-state index contributed by atoms with van der Waals surface area (Å²) in [6, 6.07) is 23.1. The molecule has 4 rings (SSSR count). The number of carbonyl (C=O) groups is 1. The Morgan fingerprint density at radius 2 is 1.73 bits per heavy atom. The van der Waals surface area contributed by atoms with Gasteiger partial charge >= 0.3 is 0 Å². The number of hydrogen-bond donors (Lipinski definition) is 1. The van der Waals surface area contributed by atoms with E-state index < -0.39 is 0 Å². The number of rotatable bonds is 9. The first-order valence-electron chi connectivity index (χ1n) is 11.5. The topological polar surface area (TPSA) is 63.7 Å². The number of nitrogens with zero attached hydrogens (tertiary/aromatic N) is 2. The number of carbonyl (C=O) groups excluding carboxylic acids is 1. The van der Waals surface area contributed by atoms with Crippen LogP contribution in [0, 0.1) is 5.92 Å². The SMILES string of the molecule is COc1ccc(C(c2ccccn2)N(CCOc2ccccc2)C(=O)C2CCNCC2)cc1. The summed E-state index contributed by atoms with van der Waals surface area (Å²) in [5, 5.41) is 3.36. The van der Waals surface area contributed by atoms with Gasteiger partial charge in [-0.05, 0) is 67.9 Å². The fraction of sp³-hybridized carbons (Fsp3) is 0.333. The van der Waals surface area contributed by atoms with Crippen molar-refractivity contribution in [3.05, 3.63) is 90.3 Å². The molecule has 1 aliphatic rings. The maximum Gasteiger partial charge on any atom is 0.226 e. The van der Waals surface area contributed by atoms with Gasteiger partial charge in [-0.1, -0.05) is 36.4 Å². The normalized spacial score (nSPS) is 14.9. The Kier molecular flexibility index (Phi) is 7.93. The minimum absolute atomic E-state index is 0.00700. The lowest BCUT2D eigenvalue weighted by atomic mass is 9.93. The summed E-state index contributed by atoms with van der Waals surface area (Å²) in [7, 11) is 1.65. The highest BCUT2D eigenvalue weighted by molar-refractivity contribution is 5.80. The van der Waals surface area contributed by atoms with Crippen molar-refractivity contribution < 1.29 is 14.3 Å². The van der Waals surface area contributed by atoms with Crippen molar-refractivity contribution in [2.45, 2.75) is 18.9 Å². The number of benzene rings is 2. The van der Waals surface area contributed by atoms with E-state index in [2.05, 4.69) is 10.3 Å². The van der Waals surface area contributed by atoms with Crippen LogP contribution < -0.4 is 14.8 Å². The Bertz CT molecular complexity index is 990. The molecular weight excluding hydrogens is 414 g/mol. The van der Waals surface area contributed by atoms with Gasteiger partial charge in [0.1, 0.15) is 18.1 Å². The molecule has 2 heterocycles. The highest BCUT2D eigenvalue weighted by Crippen LogP contribution is 2.31. The van der Waals surface area contributed by atoms with E-state index in [4.69, 9.17) is 9.47 Å². The highest BCUT2D eigenvalue weighted by atomic mass is 16.5. The molecule has 1 N–H and O–H groups in total. The number of hydrogen-bond acceptors (Lipinski definition) is 5. The molecule has 6 heteroatoms. The molecule has 33 heavy (non-hydrogen) atoms. The van der Waals surface area contributed by atoms with Gasteiger partial charge in [0.2, 0.25) is 5.91 Å². The minimum Gasteiger partial charge on any atom is -0.497 e. The molecule has 1 saturated heterocycles. The van der Waals surface area contributed by atoms with E-state index in [1.807, 2.05) is 77.7 Å². The third kappa shape index (κ3) is 5.90. The third-order valence-electron chi connectivity index (χ3n) is 6.03. The molecule has 1 amide bonds. The second kappa shape index (κ2) is 11.5. The molecule has 0 aliphatic carbocycles. The Balaban J connectivity index is 1.65. The Labute approximate surface area is 195 Å². The zero-order valence-corrected chi connectivity index (χ0v) is 19.0. The van der Waals surface area contributed by atoms with Crippen LogP contribution >= 0.6 is 0 Å². The lowest BCUT2D eigenvalue weighted by Gasteiger charge is -2.35. The van der Waals surface area contributed by atoms with Crippen LogP contribution in [0.15, 0.2) is 79.0 Å². The maximum atomic E-state index is 13.8. The zero-order valence-electron chi connectivity index (χ0n) is 19.0. The second-order valence-corrected chi connectivity index (χ2v) is 8.15. The summed E-state index contributed by atoms with van der Waals surface area (Å²) in [5.74, 6) is 1.72. The van der Waals surface area contributed by atoms with Gasteiger partial charge in [-0.25, -0.2) is 0 Å². The van der Waals surface area contributed by atoms with Gasteiger partial charge < -0.3 is 19.7 Å². The smallest absolute Gasteiger partial charge is 0.226 e. The summed E-state index contributed by atoms with van der Waals surface area (Å²) >= 11 is 0. The van der Waals surface area contributed by atoms with Crippen LogP contribution in [0.4, 0.5) is 0 Å². The van der Waals surface area contributed by atoms with Crippen LogP contribution in [0.2, 0.25) is 0 Å². The monoisotopic (exact) mass is 445 g/mol.